The van der Waals surface area contributed by atoms with Crippen LogP contribution in [0.1, 0.15) is 12.0 Å². The van der Waals surface area contributed by atoms with Gasteiger partial charge >= 0.3 is 0 Å². The van der Waals surface area contributed by atoms with Gasteiger partial charge in [-0.05, 0) is 23.8 Å². The Hall–Kier alpha value is -1.70. The second-order valence-corrected chi connectivity index (χ2v) is 6.23. The predicted octanol–water partition coefficient (Wildman–Crippen LogP) is 3.51. The van der Waals surface area contributed by atoms with Gasteiger partial charge in [-0.1, -0.05) is 54.6 Å². The van der Waals surface area contributed by atoms with Gasteiger partial charge in [0.1, 0.15) is 0 Å². The van der Waals surface area contributed by atoms with Crippen molar-refractivity contribution in [3.05, 3.63) is 60.2 Å². The maximum atomic E-state index is 15.6. The Morgan fingerprint density at radius 3 is 2.75 bits per heavy atom. The van der Waals surface area contributed by atoms with E-state index in [0.717, 1.165) is 12.0 Å². The number of ketones is 1. The van der Waals surface area contributed by atoms with Crippen LogP contribution < -0.4 is 0 Å². The van der Waals surface area contributed by atoms with Crippen molar-refractivity contribution in [3.8, 4) is 0 Å². The molecule has 1 aromatic carbocycles. The molecule has 1 fully saturated rings. The summed E-state index contributed by atoms with van der Waals surface area (Å²) in [6.45, 7) is 0. The SMILES string of the molecule is O=C1[C@@H]2C=C[C@@H]([C@H]3CC=C[C@H]32)[C@]1(F)Cc1ccccc1. The molecule has 102 valence electrons. The van der Waals surface area contributed by atoms with E-state index in [1.54, 1.807) is 0 Å². The molecule has 1 saturated carbocycles. The zero-order valence-electron chi connectivity index (χ0n) is 11.2. The maximum Gasteiger partial charge on any atom is 0.179 e. The fraction of sp³-hybridized carbons (Fsp3) is 0.389. The van der Waals surface area contributed by atoms with Crippen molar-refractivity contribution in [2.75, 3.05) is 0 Å². The van der Waals surface area contributed by atoms with Crippen LogP contribution in [-0.2, 0) is 11.2 Å². The van der Waals surface area contributed by atoms with Gasteiger partial charge in [-0.3, -0.25) is 4.79 Å². The maximum absolute atomic E-state index is 15.6. The van der Waals surface area contributed by atoms with E-state index in [2.05, 4.69) is 12.2 Å². The topological polar surface area (TPSA) is 17.1 Å². The summed E-state index contributed by atoms with van der Waals surface area (Å²) in [7, 11) is 0. The number of benzene rings is 1. The van der Waals surface area contributed by atoms with Crippen LogP contribution in [0.5, 0.6) is 0 Å². The predicted molar refractivity (Wildman–Crippen MR) is 75.8 cm³/mol. The molecule has 2 heteroatoms. The Morgan fingerprint density at radius 1 is 1.15 bits per heavy atom. The average Bonchev–Trinajstić information content (AvgIpc) is 2.95. The van der Waals surface area contributed by atoms with Crippen LogP contribution >= 0.6 is 0 Å². The van der Waals surface area contributed by atoms with Crippen molar-refractivity contribution in [2.45, 2.75) is 18.5 Å². The number of rotatable bonds is 2. The molecule has 20 heavy (non-hydrogen) atoms. The van der Waals surface area contributed by atoms with E-state index in [4.69, 9.17) is 0 Å². The van der Waals surface area contributed by atoms with Gasteiger partial charge in [0, 0.05) is 18.3 Å². The number of carbonyl (C=O) groups excluding carboxylic acids is 1. The fourth-order valence-electron chi connectivity index (χ4n) is 4.27. The Bertz CT molecular complexity index is 603. The van der Waals surface area contributed by atoms with Gasteiger partial charge in [0.05, 0.1) is 0 Å². The van der Waals surface area contributed by atoms with Crippen molar-refractivity contribution < 1.29 is 9.18 Å². The summed E-state index contributed by atoms with van der Waals surface area (Å²) >= 11 is 0. The first-order valence-corrected chi connectivity index (χ1v) is 7.32. The van der Waals surface area contributed by atoms with Crippen LogP contribution in [0.15, 0.2) is 54.6 Å². The number of halogens is 1. The smallest absolute Gasteiger partial charge is 0.179 e. The van der Waals surface area contributed by atoms with Gasteiger partial charge in [-0.15, -0.1) is 0 Å². The summed E-state index contributed by atoms with van der Waals surface area (Å²) in [5.74, 6) is -0.215. The highest BCUT2D eigenvalue weighted by molar-refractivity contribution is 5.94. The molecule has 5 rings (SSSR count). The standard InChI is InChI=1S/C18H17FO/c19-18(11-12-5-2-1-3-6-12)16-10-9-15(17(18)20)13-7-4-8-14(13)16/h1-7,9-10,13-16H,8,11H2/t13-,14+,15-,16+,18-/m1/s1. The Balaban J connectivity index is 1.72. The van der Waals surface area contributed by atoms with Gasteiger partial charge in [-0.25, -0.2) is 4.39 Å². The largest absolute Gasteiger partial charge is 0.295 e. The van der Waals surface area contributed by atoms with E-state index in [-0.39, 0.29) is 35.9 Å². The molecule has 5 atom stereocenters. The van der Waals surface area contributed by atoms with Crippen LogP contribution in [0.3, 0.4) is 0 Å². The third-order valence-electron chi connectivity index (χ3n) is 5.21. The van der Waals surface area contributed by atoms with Crippen LogP contribution in [0.4, 0.5) is 4.39 Å². The van der Waals surface area contributed by atoms with E-state index >= 15 is 4.39 Å². The van der Waals surface area contributed by atoms with Crippen molar-refractivity contribution in [3.63, 3.8) is 0 Å². The van der Waals surface area contributed by atoms with E-state index < -0.39 is 5.67 Å². The lowest BCUT2D eigenvalue weighted by Crippen LogP contribution is -2.58. The highest BCUT2D eigenvalue weighted by Crippen LogP contribution is 2.54. The second kappa shape index (κ2) is 4.15. The monoisotopic (exact) mass is 268 g/mol. The molecule has 0 saturated heterocycles. The van der Waals surface area contributed by atoms with Crippen molar-refractivity contribution in [2.24, 2.45) is 23.7 Å². The quantitative estimate of drug-likeness (QED) is 0.750. The number of alkyl halides is 1. The molecule has 0 N–H and O–H groups in total. The molecule has 1 nitrogen and oxygen atoms in total. The van der Waals surface area contributed by atoms with Gasteiger partial charge in [0.2, 0.25) is 0 Å². The Morgan fingerprint density at radius 2 is 1.95 bits per heavy atom. The van der Waals surface area contributed by atoms with Gasteiger partial charge in [0.15, 0.2) is 11.5 Å². The Kier molecular flexibility index (Phi) is 2.50. The van der Waals surface area contributed by atoms with Crippen molar-refractivity contribution >= 4 is 5.78 Å². The summed E-state index contributed by atoms with van der Waals surface area (Å²) in [5.41, 5.74) is -0.805. The third-order valence-corrected chi connectivity index (χ3v) is 5.21. The molecule has 0 unspecified atom stereocenters. The lowest BCUT2D eigenvalue weighted by molar-refractivity contribution is -0.146. The highest BCUT2D eigenvalue weighted by Gasteiger charge is 2.60. The number of hydrogen-bond acceptors (Lipinski definition) is 1. The number of carbonyl (C=O) groups is 1. The fourth-order valence-corrected chi connectivity index (χ4v) is 4.27. The second-order valence-electron chi connectivity index (χ2n) is 6.23. The van der Waals surface area contributed by atoms with E-state index in [9.17, 15) is 4.79 Å². The lowest BCUT2D eigenvalue weighted by Gasteiger charge is -2.48. The number of hydrogen-bond donors (Lipinski definition) is 0. The molecule has 0 radical (unpaired) electrons. The summed E-state index contributed by atoms with van der Waals surface area (Å²) < 4.78 is 15.6. The highest BCUT2D eigenvalue weighted by atomic mass is 19.1. The number of Topliss-reactive ketones (excluding diaryl/α,β-unsaturated/α-hetero) is 1. The molecule has 0 spiro atoms. The van der Waals surface area contributed by atoms with Gasteiger partial charge in [0.25, 0.3) is 0 Å². The molecular formula is C18H17FO. The van der Waals surface area contributed by atoms with Gasteiger partial charge in [-0.2, -0.15) is 0 Å². The minimum Gasteiger partial charge on any atom is -0.295 e. The normalized spacial score (nSPS) is 41.1. The van der Waals surface area contributed by atoms with E-state index in [0.29, 0.717) is 0 Å². The average molecular weight is 268 g/mol. The molecule has 0 amide bonds. The molecule has 4 aliphatic rings. The first-order chi connectivity index (χ1) is 9.70. The molecular weight excluding hydrogens is 251 g/mol. The van der Waals surface area contributed by atoms with Crippen LogP contribution in [-0.4, -0.2) is 11.5 Å². The molecule has 0 aromatic heterocycles. The summed E-state index contributed by atoms with van der Waals surface area (Å²) in [5, 5.41) is 0. The minimum absolute atomic E-state index is 0.207. The summed E-state index contributed by atoms with van der Waals surface area (Å²) in [6.07, 6.45) is 9.25. The van der Waals surface area contributed by atoms with Crippen molar-refractivity contribution in [1.29, 1.82) is 0 Å². The summed E-state index contributed by atoms with van der Waals surface area (Å²) in [4.78, 5) is 12.6. The summed E-state index contributed by atoms with van der Waals surface area (Å²) in [6, 6.07) is 9.54. The molecule has 0 aliphatic heterocycles. The zero-order chi connectivity index (χ0) is 13.7. The number of allylic oxidation sites excluding steroid dienone is 4. The molecule has 4 aliphatic carbocycles. The van der Waals surface area contributed by atoms with E-state index in [1.807, 2.05) is 42.5 Å². The molecule has 0 heterocycles. The van der Waals surface area contributed by atoms with Crippen LogP contribution in [0.2, 0.25) is 0 Å². The molecule has 2 bridgehead atoms. The van der Waals surface area contributed by atoms with Crippen LogP contribution in [0.25, 0.3) is 0 Å². The van der Waals surface area contributed by atoms with Crippen molar-refractivity contribution in [1.82, 2.24) is 0 Å². The zero-order valence-corrected chi connectivity index (χ0v) is 11.2. The Labute approximate surface area is 118 Å². The minimum atomic E-state index is -1.71. The molecule has 1 aromatic rings. The third kappa shape index (κ3) is 1.51. The van der Waals surface area contributed by atoms with Crippen LogP contribution in [0, 0.1) is 23.7 Å². The first-order valence-electron chi connectivity index (χ1n) is 7.32. The van der Waals surface area contributed by atoms with E-state index in [1.165, 1.54) is 0 Å². The first kappa shape index (κ1) is 12.1. The number of fused-ring (bicyclic) bond motifs is 1. The lowest BCUT2D eigenvalue weighted by atomic mass is 9.55. The van der Waals surface area contributed by atoms with Gasteiger partial charge < -0.3 is 0 Å².